The highest BCUT2D eigenvalue weighted by atomic mass is 19.1. The number of carbonyl (C=O) groups is 1. The predicted octanol–water partition coefficient (Wildman–Crippen LogP) is 1.36. The van der Waals surface area contributed by atoms with E-state index in [9.17, 15) is 14.3 Å². The van der Waals surface area contributed by atoms with Crippen LogP contribution in [0.3, 0.4) is 0 Å². The number of aliphatic hydroxyl groups excluding tert-OH is 1. The molecule has 1 aromatic carbocycles. The molecule has 6 heteroatoms. The van der Waals surface area contributed by atoms with Crippen molar-refractivity contribution in [1.29, 1.82) is 0 Å². The molecule has 2 fully saturated rings. The zero-order valence-corrected chi connectivity index (χ0v) is 14.7. The van der Waals surface area contributed by atoms with Crippen LogP contribution in [0.2, 0.25) is 0 Å². The van der Waals surface area contributed by atoms with Gasteiger partial charge in [0.2, 0.25) is 5.91 Å². The second-order valence-corrected chi connectivity index (χ2v) is 7.11. The monoisotopic (exact) mass is 349 g/mol. The van der Waals surface area contributed by atoms with Crippen molar-refractivity contribution in [2.45, 2.75) is 44.3 Å². The van der Waals surface area contributed by atoms with E-state index in [1.54, 1.807) is 18.2 Å². The minimum Gasteiger partial charge on any atom is -0.395 e. The molecule has 0 radical (unpaired) electrons. The molecular weight excluding hydrogens is 321 g/mol. The minimum absolute atomic E-state index is 0.0599. The number of aliphatic hydroxyl groups is 1. The summed E-state index contributed by atoms with van der Waals surface area (Å²) >= 11 is 0. The van der Waals surface area contributed by atoms with E-state index < -0.39 is 0 Å². The minimum atomic E-state index is -0.286. The van der Waals surface area contributed by atoms with E-state index in [0.717, 1.165) is 45.3 Å². The first-order chi connectivity index (χ1) is 12.2. The van der Waals surface area contributed by atoms with Gasteiger partial charge in [-0.05, 0) is 44.8 Å². The molecule has 2 saturated heterocycles. The first-order valence-corrected chi connectivity index (χ1v) is 9.26. The van der Waals surface area contributed by atoms with Crippen molar-refractivity contribution < 1.29 is 14.3 Å². The molecule has 0 saturated carbocycles. The van der Waals surface area contributed by atoms with E-state index in [1.165, 1.54) is 6.07 Å². The maximum Gasteiger partial charge on any atom is 0.234 e. The van der Waals surface area contributed by atoms with Gasteiger partial charge >= 0.3 is 0 Å². The lowest BCUT2D eigenvalue weighted by Crippen LogP contribution is -2.46. The maximum absolute atomic E-state index is 13.6. The number of hydrogen-bond donors (Lipinski definition) is 2. The number of benzene rings is 1. The molecule has 0 aliphatic carbocycles. The van der Waals surface area contributed by atoms with E-state index in [2.05, 4.69) is 15.1 Å². The van der Waals surface area contributed by atoms with Crippen molar-refractivity contribution in [3.63, 3.8) is 0 Å². The number of halogens is 1. The van der Waals surface area contributed by atoms with Crippen molar-refractivity contribution >= 4 is 5.91 Å². The van der Waals surface area contributed by atoms with Crippen molar-refractivity contribution in [3.05, 3.63) is 35.6 Å². The van der Waals surface area contributed by atoms with Gasteiger partial charge in [0, 0.05) is 30.7 Å². The fraction of sp³-hybridized carbons (Fsp3) is 0.632. The summed E-state index contributed by atoms with van der Waals surface area (Å²) in [6.07, 6.45) is 4.39. The van der Waals surface area contributed by atoms with Gasteiger partial charge in [0.15, 0.2) is 0 Å². The quantitative estimate of drug-likeness (QED) is 0.781. The van der Waals surface area contributed by atoms with Gasteiger partial charge in [-0.25, -0.2) is 4.39 Å². The standard InChI is InChI=1S/C19H28FN3O2/c20-18-8-2-1-5-15(18)11-21-19(25)13-23-10-3-6-16(23)12-22-9-4-7-17(22)14-24/h1-2,5,8,16-17,24H,3-4,6-7,9-14H2,(H,21,25). The lowest BCUT2D eigenvalue weighted by Gasteiger charge is -2.31. The van der Waals surface area contributed by atoms with Gasteiger partial charge in [-0.3, -0.25) is 14.6 Å². The molecular formula is C19H28FN3O2. The topological polar surface area (TPSA) is 55.8 Å². The summed E-state index contributed by atoms with van der Waals surface area (Å²) in [5.41, 5.74) is 0.511. The molecule has 25 heavy (non-hydrogen) atoms. The first-order valence-electron chi connectivity index (χ1n) is 9.26. The number of likely N-dealkylation sites (tertiary alicyclic amines) is 2. The Morgan fingerprint density at radius 2 is 1.88 bits per heavy atom. The summed E-state index contributed by atoms with van der Waals surface area (Å²) in [6, 6.07) is 7.16. The van der Waals surface area contributed by atoms with E-state index in [0.29, 0.717) is 18.2 Å². The number of hydrogen-bond acceptors (Lipinski definition) is 4. The third-order valence-corrected chi connectivity index (χ3v) is 5.43. The molecule has 5 nitrogen and oxygen atoms in total. The third kappa shape index (κ3) is 4.77. The molecule has 2 heterocycles. The Morgan fingerprint density at radius 1 is 1.16 bits per heavy atom. The first kappa shape index (κ1) is 18.3. The van der Waals surface area contributed by atoms with Crippen LogP contribution in [-0.4, -0.2) is 65.7 Å². The molecule has 2 aliphatic rings. The SMILES string of the molecule is O=C(CN1CCCC1CN1CCCC1CO)NCc1ccccc1F. The molecule has 2 aliphatic heterocycles. The van der Waals surface area contributed by atoms with Gasteiger partial charge in [0.05, 0.1) is 13.2 Å². The van der Waals surface area contributed by atoms with Crippen LogP contribution in [0.4, 0.5) is 4.39 Å². The Hall–Kier alpha value is -1.50. The van der Waals surface area contributed by atoms with Gasteiger partial charge < -0.3 is 10.4 Å². The second kappa shape index (κ2) is 8.74. The maximum atomic E-state index is 13.6. The Morgan fingerprint density at radius 3 is 2.64 bits per heavy atom. The number of carbonyl (C=O) groups excluding carboxylic acids is 1. The molecule has 2 N–H and O–H groups in total. The number of rotatable bonds is 7. The summed E-state index contributed by atoms with van der Waals surface area (Å²) < 4.78 is 13.6. The van der Waals surface area contributed by atoms with Crippen LogP contribution in [0.15, 0.2) is 24.3 Å². The summed E-state index contributed by atoms with van der Waals surface area (Å²) in [7, 11) is 0. The lowest BCUT2D eigenvalue weighted by atomic mass is 10.2. The fourth-order valence-corrected chi connectivity index (χ4v) is 4.00. The highest BCUT2D eigenvalue weighted by molar-refractivity contribution is 5.78. The number of amides is 1. The molecule has 1 aromatic rings. The summed E-state index contributed by atoms with van der Waals surface area (Å²) in [5, 5.41) is 12.3. The Bertz CT molecular complexity index is 584. The van der Waals surface area contributed by atoms with Crippen LogP contribution in [0.5, 0.6) is 0 Å². The van der Waals surface area contributed by atoms with Crippen LogP contribution in [-0.2, 0) is 11.3 Å². The normalized spacial score (nSPS) is 24.7. The second-order valence-electron chi connectivity index (χ2n) is 7.11. The van der Waals surface area contributed by atoms with Crippen molar-refractivity contribution in [3.8, 4) is 0 Å². The molecule has 0 aromatic heterocycles. The summed E-state index contributed by atoms with van der Waals surface area (Å²) in [4.78, 5) is 16.8. The van der Waals surface area contributed by atoms with Crippen LogP contribution < -0.4 is 5.32 Å². The van der Waals surface area contributed by atoms with Crippen LogP contribution in [0, 0.1) is 5.82 Å². The molecule has 0 spiro atoms. The van der Waals surface area contributed by atoms with Crippen LogP contribution in [0.25, 0.3) is 0 Å². The summed E-state index contributed by atoms with van der Waals surface area (Å²) in [5.74, 6) is -0.346. The Balaban J connectivity index is 1.47. The largest absolute Gasteiger partial charge is 0.395 e. The number of nitrogens with one attached hydrogen (secondary N) is 1. The zero-order valence-electron chi connectivity index (χ0n) is 14.7. The van der Waals surface area contributed by atoms with E-state index in [4.69, 9.17) is 0 Å². The average Bonchev–Trinajstić information content (AvgIpc) is 3.24. The average molecular weight is 349 g/mol. The fourth-order valence-electron chi connectivity index (χ4n) is 4.00. The molecule has 2 unspecified atom stereocenters. The van der Waals surface area contributed by atoms with Crippen LogP contribution >= 0.6 is 0 Å². The third-order valence-electron chi connectivity index (χ3n) is 5.43. The molecule has 0 bridgehead atoms. The summed E-state index contributed by atoms with van der Waals surface area (Å²) in [6.45, 7) is 3.69. The van der Waals surface area contributed by atoms with Crippen molar-refractivity contribution in [2.75, 3.05) is 32.8 Å². The van der Waals surface area contributed by atoms with Gasteiger partial charge in [-0.15, -0.1) is 0 Å². The zero-order chi connectivity index (χ0) is 17.6. The smallest absolute Gasteiger partial charge is 0.234 e. The van der Waals surface area contributed by atoms with Gasteiger partial charge in [-0.1, -0.05) is 18.2 Å². The van der Waals surface area contributed by atoms with E-state index in [-0.39, 0.29) is 30.9 Å². The molecule has 1 amide bonds. The van der Waals surface area contributed by atoms with Gasteiger partial charge in [-0.2, -0.15) is 0 Å². The van der Waals surface area contributed by atoms with Crippen LogP contribution in [0.1, 0.15) is 31.2 Å². The van der Waals surface area contributed by atoms with Crippen molar-refractivity contribution in [2.24, 2.45) is 0 Å². The Kier molecular flexibility index (Phi) is 6.39. The number of nitrogens with zero attached hydrogens (tertiary/aromatic N) is 2. The van der Waals surface area contributed by atoms with E-state index in [1.807, 2.05) is 0 Å². The molecule has 2 atom stereocenters. The predicted molar refractivity (Wildman–Crippen MR) is 94.5 cm³/mol. The van der Waals surface area contributed by atoms with E-state index >= 15 is 0 Å². The van der Waals surface area contributed by atoms with Gasteiger partial charge in [0.1, 0.15) is 5.82 Å². The Labute approximate surface area is 148 Å². The lowest BCUT2D eigenvalue weighted by molar-refractivity contribution is -0.122. The molecule has 138 valence electrons. The molecule has 3 rings (SSSR count). The highest BCUT2D eigenvalue weighted by Crippen LogP contribution is 2.23. The van der Waals surface area contributed by atoms with Crippen molar-refractivity contribution in [1.82, 2.24) is 15.1 Å². The van der Waals surface area contributed by atoms with Gasteiger partial charge in [0.25, 0.3) is 0 Å². The highest BCUT2D eigenvalue weighted by Gasteiger charge is 2.31.